The molecule has 0 spiro atoms. The molecule has 10 heavy (non-hydrogen) atoms. The zero-order chi connectivity index (χ0) is 8.36. The highest BCUT2D eigenvalue weighted by molar-refractivity contribution is 7.99. The Morgan fingerprint density at radius 3 is 2.00 bits per heavy atom. The highest BCUT2D eigenvalue weighted by atomic mass is 32.2. The Bertz CT molecular complexity index is 185. The Kier molecular flexibility index (Phi) is 3.21. The van der Waals surface area contributed by atoms with Crippen LogP contribution in [0.25, 0.3) is 0 Å². The summed E-state index contributed by atoms with van der Waals surface area (Å²) in [6.45, 7) is 0. The zero-order valence-electron chi connectivity index (χ0n) is 5.52. The first-order valence-corrected chi connectivity index (χ1v) is 4.85. The van der Waals surface area contributed by atoms with Crippen LogP contribution in [0.4, 0.5) is 13.2 Å². The monoisotopic (exact) mass is 174 g/mol. The van der Waals surface area contributed by atoms with Gasteiger partial charge in [0.1, 0.15) is 0 Å². The molecule has 0 amide bonds. The molecule has 0 radical (unpaired) electrons. The summed E-state index contributed by atoms with van der Waals surface area (Å²) in [5.41, 5.74) is 0. The largest absolute Gasteiger partial charge is 0.270 e. The third-order valence-corrected chi connectivity index (χ3v) is 1.81. The fourth-order valence-corrected chi connectivity index (χ4v) is 1.23. The molecule has 62 valence electrons. The van der Waals surface area contributed by atoms with Crippen LogP contribution in [0.15, 0.2) is 0 Å². The molecule has 0 aliphatic heterocycles. The first kappa shape index (κ1) is 9.81. The van der Waals surface area contributed by atoms with E-state index < -0.39 is 27.9 Å². The molecule has 0 saturated carbocycles. The minimum Gasteiger partial charge on any atom is -0.268 e. The SMILES string of the molecule is C=S(C)(=O)CC(F)C(F)F. The molecule has 0 heterocycles. The molecule has 2 atom stereocenters. The van der Waals surface area contributed by atoms with Crippen LogP contribution in [0.2, 0.25) is 0 Å². The summed E-state index contributed by atoms with van der Waals surface area (Å²) in [4.78, 5) is 0. The van der Waals surface area contributed by atoms with Crippen molar-refractivity contribution in [3.63, 3.8) is 0 Å². The normalized spacial score (nSPS) is 20.5. The van der Waals surface area contributed by atoms with Gasteiger partial charge in [-0.25, -0.2) is 13.2 Å². The van der Waals surface area contributed by atoms with Gasteiger partial charge in [0.25, 0.3) is 6.43 Å². The lowest BCUT2D eigenvalue weighted by Crippen LogP contribution is -2.22. The molecular weight excluding hydrogens is 165 g/mol. The first-order chi connectivity index (χ1) is 4.33. The molecule has 5 heteroatoms. The first-order valence-electron chi connectivity index (χ1n) is 2.55. The van der Waals surface area contributed by atoms with Crippen molar-refractivity contribution < 1.29 is 17.4 Å². The maximum atomic E-state index is 12.1. The number of halogens is 3. The molecule has 0 aromatic heterocycles. The Balaban J connectivity index is 3.93. The van der Waals surface area contributed by atoms with Crippen LogP contribution in [0.1, 0.15) is 0 Å². The van der Waals surface area contributed by atoms with Crippen molar-refractivity contribution >= 4 is 15.4 Å². The van der Waals surface area contributed by atoms with E-state index in [1.807, 2.05) is 0 Å². The minimum atomic E-state index is -3.05. The van der Waals surface area contributed by atoms with Crippen molar-refractivity contribution in [3.05, 3.63) is 0 Å². The van der Waals surface area contributed by atoms with Crippen LogP contribution >= 0.6 is 0 Å². The summed E-state index contributed by atoms with van der Waals surface area (Å²) in [5.74, 6) is 2.39. The summed E-state index contributed by atoms with van der Waals surface area (Å²) in [5, 5.41) is 0. The highest BCUT2D eigenvalue weighted by Gasteiger charge is 2.20. The van der Waals surface area contributed by atoms with Crippen molar-refractivity contribution in [2.45, 2.75) is 12.6 Å². The van der Waals surface area contributed by atoms with E-state index in [0.717, 1.165) is 6.26 Å². The second kappa shape index (κ2) is 3.27. The Morgan fingerprint density at radius 1 is 1.50 bits per heavy atom. The van der Waals surface area contributed by atoms with Crippen LogP contribution in [-0.2, 0) is 9.52 Å². The van der Waals surface area contributed by atoms with Gasteiger partial charge in [-0.1, -0.05) is 0 Å². The fourth-order valence-electron chi connectivity index (χ4n) is 0.410. The number of rotatable bonds is 3. The van der Waals surface area contributed by atoms with Gasteiger partial charge in [0.05, 0.1) is 5.75 Å². The van der Waals surface area contributed by atoms with Crippen LogP contribution in [0.3, 0.4) is 0 Å². The summed E-state index contributed by atoms with van der Waals surface area (Å²) in [7, 11) is -2.62. The molecule has 0 aliphatic rings. The van der Waals surface area contributed by atoms with E-state index >= 15 is 0 Å². The molecule has 0 aromatic rings. The van der Waals surface area contributed by atoms with Crippen LogP contribution in [-0.4, -0.2) is 34.7 Å². The van der Waals surface area contributed by atoms with E-state index in [9.17, 15) is 17.4 Å². The summed E-state index contributed by atoms with van der Waals surface area (Å²) in [6.07, 6.45) is -4.21. The highest BCUT2D eigenvalue weighted by Crippen LogP contribution is 2.07. The topological polar surface area (TPSA) is 17.1 Å². The molecule has 0 bridgehead atoms. The molecule has 0 fully saturated rings. The molecule has 0 saturated heterocycles. The van der Waals surface area contributed by atoms with E-state index in [2.05, 4.69) is 5.87 Å². The fraction of sp³-hybridized carbons (Fsp3) is 0.800. The molecular formula is C5H9F3OS. The van der Waals surface area contributed by atoms with E-state index in [1.54, 1.807) is 0 Å². The van der Waals surface area contributed by atoms with Crippen LogP contribution < -0.4 is 0 Å². The second-order valence-corrected chi connectivity index (χ2v) is 4.90. The second-order valence-electron chi connectivity index (χ2n) is 2.20. The lowest BCUT2D eigenvalue weighted by molar-refractivity contribution is 0.0623. The predicted octanol–water partition coefficient (Wildman–Crippen LogP) is 0.936. The van der Waals surface area contributed by atoms with E-state index in [0.29, 0.717) is 0 Å². The van der Waals surface area contributed by atoms with Gasteiger partial charge in [-0.15, -0.1) is 0 Å². The summed E-state index contributed by atoms with van der Waals surface area (Å²) in [6, 6.07) is 0. The van der Waals surface area contributed by atoms with Gasteiger partial charge < -0.3 is 0 Å². The number of hydrogen-bond acceptors (Lipinski definition) is 1. The average Bonchev–Trinajstić information content (AvgIpc) is 1.60. The Morgan fingerprint density at radius 2 is 1.90 bits per heavy atom. The molecule has 0 rings (SSSR count). The number of alkyl halides is 3. The standard InChI is InChI=1S/C5H9F3OS/c1-10(2,9)3-4(6)5(7)8/h4-5H,1,3H2,2H3. The average molecular weight is 174 g/mol. The van der Waals surface area contributed by atoms with E-state index in [1.165, 1.54) is 0 Å². The third-order valence-electron chi connectivity index (χ3n) is 0.785. The van der Waals surface area contributed by atoms with Crippen molar-refractivity contribution in [2.24, 2.45) is 0 Å². The molecule has 1 nitrogen and oxygen atoms in total. The zero-order valence-corrected chi connectivity index (χ0v) is 6.34. The number of hydrogen-bond donors (Lipinski definition) is 0. The lowest BCUT2D eigenvalue weighted by Gasteiger charge is -2.06. The summed E-state index contributed by atoms with van der Waals surface area (Å²) >= 11 is 0. The van der Waals surface area contributed by atoms with Crippen LogP contribution in [0.5, 0.6) is 0 Å². The predicted molar refractivity (Wildman–Crippen MR) is 37.0 cm³/mol. The van der Waals surface area contributed by atoms with Gasteiger partial charge in [-0.2, -0.15) is 0 Å². The van der Waals surface area contributed by atoms with Gasteiger partial charge >= 0.3 is 0 Å². The van der Waals surface area contributed by atoms with Crippen molar-refractivity contribution in [2.75, 3.05) is 12.0 Å². The van der Waals surface area contributed by atoms with Gasteiger partial charge in [-0.3, -0.25) is 4.21 Å². The van der Waals surface area contributed by atoms with Crippen molar-refractivity contribution in [3.8, 4) is 0 Å². The molecule has 0 aromatic carbocycles. The molecule has 0 N–H and O–H groups in total. The van der Waals surface area contributed by atoms with Crippen molar-refractivity contribution in [1.29, 1.82) is 0 Å². The van der Waals surface area contributed by atoms with E-state index in [-0.39, 0.29) is 0 Å². The van der Waals surface area contributed by atoms with Crippen molar-refractivity contribution in [1.82, 2.24) is 0 Å². The molecule has 2 unspecified atom stereocenters. The minimum absolute atomic E-state index is 0.662. The Hall–Kier alpha value is -0.190. The smallest absolute Gasteiger partial charge is 0.268 e. The van der Waals surface area contributed by atoms with E-state index in [4.69, 9.17) is 0 Å². The van der Waals surface area contributed by atoms with Gasteiger partial charge in [0, 0.05) is 6.26 Å². The van der Waals surface area contributed by atoms with Crippen LogP contribution in [0, 0.1) is 0 Å². The maximum Gasteiger partial charge on any atom is 0.270 e. The lowest BCUT2D eigenvalue weighted by atomic mass is 10.5. The van der Waals surface area contributed by atoms with Gasteiger partial charge in [0.2, 0.25) is 0 Å². The quantitative estimate of drug-likeness (QED) is 0.582. The maximum absolute atomic E-state index is 12.1. The van der Waals surface area contributed by atoms with Gasteiger partial charge in [0.15, 0.2) is 6.17 Å². The Labute approximate surface area is 58.2 Å². The summed E-state index contributed by atoms with van der Waals surface area (Å²) < 4.78 is 45.5. The third kappa shape index (κ3) is 4.67. The molecule has 0 aliphatic carbocycles. The van der Waals surface area contributed by atoms with Gasteiger partial charge in [-0.05, 0) is 15.4 Å².